The maximum absolute atomic E-state index is 12.3. The van der Waals surface area contributed by atoms with Crippen molar-refractivity contribution in [2.45, 2.75) is 45.3 Å². The summed E-state index contributed by atoms with van der Waals surface area (Å²) in [6, 6.07) is 19.6. The van der Waals surface area contributed by atoms with Crippen LogP contribution in [0.5, 0.6) is 5.75 Å². The zero-order chi connectivity index (χ0) is 23.5. The summed E-state index contributed by atoms with van der Waals surface area (Å²) in [5, 5.41) is 25.5. The van der Waals surface area contributed by atoms with Crippen molar-refractivity contribution in [2.75, 3.05) is 13.1 Å². The summed E-state index contributed by atoms with van der Waals surface area (Å²) in [4.78, 5) is 16.6. The fraction of sp³-hybridized carbons (Fsp3) is 0.333. The molecule has 6 nitrogen and oxygen atoms in total. The van der Waals surface area contributed by atoms with E-state index >= 15 is 0 Å². The maximum Gasteiger partial charge on any atom is 0.224 e. The van der Waals surface area contributed by atoms with Crippen molar-refractivity contribution in [2.24, 2.45) is 0 Å². The number of aromatic hydroxyl groups is 1. The Labute approximate surface area is 195 Å². The molecule has 174 valence electrons. The predicted octanol–water partition coefficient (Wildman–Crippen LogP) is 2.94. The van der Waals surface area contributed by atoms with Crippen LogP contribution in [-0.4, -0.2) is 40.2 Å². The molecule has 1 heterocycles. The molecule has 4 N–H and O–H groups in total. The van der Waals surface area contributed by atoms with E-state index in [4.69, 9.17) is 0 Å². The number of aromatic nitrogens is 1. The van der Waals surface area contributed by atoms with E-state index in [0.29, 0.717) is 18.5 Å². The number of nitrogens with zero attached hydrogens (tertiary/aromatic N) is 1. The third-order valence-electron chi connectivity index (χ3n) is 5.55. The largest absolute Gasteiger partial charge is 0.508 e. The standard InChI is InChI=1S/C27H33N3O3/c1-20(28-13-10-21-8-9-26(32)24(17-21)19-31)15-22-5-4-6-23(16-22)18-27(33)30-14-11-25-7-2-3-12-29-25/h2-9,12,16-17,20,28,31-32H,10-11,13-15,18-19H2,1H3,(H,30,33). The van der Waals surface area contributed by atoms with E-state index < -0.39 is 0 Å². The Hall–Kier alpha value is -3.22. The number of hydrogen-bond acceptors (Lipinski definition) is 5. The number of phenols is 1. The predicted molar refractivity (Wildman–Crippen MR) is 130 cm³/mol. The number of aliphatic hydroxyl groups excluding tert-OH is 1. The van der Waals surface area contributed by atoms with Gasteiger partial charge in [0.15, 0.2) is 0 Å². The highest BCUT2D eigenvalue weighted by Gasteiger charge is 2.08. The fourth-order valence-corrected chi connectivity index (χ4v) is 3.80. The van der Waals surface area contributed by atoms with Crippen molar-refractivity contribution in [3.8, 4) is 5.75 Å². The molecule has 33 heavy (non-hydrogen) atoms. The molecule has 0 spiro atoms. The number of amides is 1. The second-order valence-electron chi connectivity index (χ2n) is 8.35. The summed E-state index contributed by atoms with van der Waals surface area (Å²) in [5.41, 5.74) is 4.81. The third kappa shape index (κ3) is 8.33. The fourth-order valence-electron chi connectivity index (χ4n) is 3.80. The van der Waals surface area contributed by atoms with Crippen molar-refractivity contribution < 1.29 is 15.0 Å². The van der Waals surface area contributed by atoms with Crippen LogP contribution in [0.25, 0.3) is 0 Å². The molecule has 1 amide bonds. The number of aliphatic hydroxyl groups is 1. The molecule has 6 heteroatoms. The summed E-state index contributed by atoms with van der Waals surface area (Å²) in [6.07, 6.45) is 4.54. The summed E-state index contributed by atoms with van der Waals surface area (Å²) in [7, 11) is 0. The normalized spacial score (nSPS) is 11.8. The highest BCUT2D eigenvalue weighted by molar-refractivity contribution is 5.78. The van der Waals surface area contributed by atoms with Crippen molar-refractivity contribution in [1.82, 2.24) is 15.6 Å². The molecule has 0 saturated carbocycles. The van der Waals surface area contributed by atoms with Gasteiger partial charge < -0.3 is 20.8 Å². The highest BCUT2D eigenvalue weighted by atomic mass is 16.3. The van der Waals surface area contributed by atoms with Crippen LogP contribution in [0, 0.1) is 0 Å². The Kier molecular flexibility index (Phi) is 9.42. The van der Waals surface area contributed by atoms with Crippen LogP contribution < -0.4 is 10.6 Å². The Balaban J connectivity index is 1.40. The molecule has 0 aliphatic heterocycles. The Bertz CT molecular complexity index is 1020. The zero-order valence-corrected chi connectivity index (χ0v) is 19.1. The van der Waals surface area contributed by atoms with Crippen LogP contribution in [0.15, 0.2) is 66.9 Å². The minimum Gasteiger partial charge on any atom is -0.508 e. The van der Waals surface area contributed by atoms with Crippen LogP contribution in [0.1, 0.15) is 34.9 Å². The minimum absolute atomic E-state index is 0.0189. The summed E-state index contributed by atoms with van der Waals surface area (Å²) in [6.45, 7) is 3.36. The van der Waals surface area contributed by atoms with Gasteiger partial charge in [0.05, 0.1) is 13.0 Å². The molecule has 0 bridgehead atoms. The molecule has 0 radical (unpaired) electrons. The SMILES string of the molecule is CC(Cc1cccc(CC(=O)NCCc2ccccn2)c1)NCCc1ccc(O)c(CO)c1. The van der Waals surface area contributed by atoms with Crippen LogP contribution in [0.4, 0.5) is 0 Å². The van der Waals surface area contributed by atoms with E-state index in [-0.39, 0.29) is 24.3 Å². The van der Waals surface area contributed by atoms with E-state index in [1.807, 2.05) is 42.5 Å². The Morgan fingerprint density at radius 3 is 2.61 bits per heavy atom. The van der Waals surface area contributed by atoms with E-state index in [2.05, 4.69) is 34.7 Å². The first-order valence-corrected chi connectivity index (χ1v) is 11.4. The monoisotopic (exact) mass is 447 g/mol. The van der Waals surface area contributed by atoms with Crippen LogP contribution in [0.3, 0.4) is 0 Å². The molecule has 1 unspecified atom stereocenters. The second kappa shape index (κ2) is 12.7. The molecule has 1 atom stereocenters. The van der Waals surface area contributed by atoms with E-state index in [1.54, 1.807) is 12.3 Å². The second-order valence-corrected chi connectivity index (χ2v) is 8.35. The number of benzene rings is 2. The first-order chi connectivity index (χ1) is 16.0. The molecule has 0 aliphatic rings. The zero-order valence-electron chi connectivity index (χ0n) is 19.1. The van der Waals surface area contributed by atoms with Gasteiger partial charge in [0.2, 0.25) is 5.91 Å². The van der Waals surface area contributed by atoms with E-state index in [0.717, 1.165) is 42.6 Å². The number of nitrogens with one attached hydrogen (secondary N) is 2. The quantitative estimate of drug-likeness (QED) is 0.343. The number of pyridine rings is 1. The minimum atomic E-state index is -0.165. The lowest BCUT2D eigenvalue weighted by Gasteiger charge is -2.15. The van der Waals surface area contributed by atoms with Gasteiger partial charge in [0, 0.05) is 36.5 Å². The van der Waals surface area contributed by atoms with Gasteiger partial charge in [0.1, 0.15) is 5.75 Å². The van der Waals surface area contributed by atoms with Gasteiger partial charge in [-0.2, -0.15) is 0 Å². The van der Waals surface area contributed by atoms with Crippen molar-refractivity contribution in [3.63, 3.8) is 0 Å². The smallest absolute Gasteiger partial charge is 0.224 e. The Morgan fingerprint density at radius 2 is 1.82 bits per heavy atom. The Morgan fingerprint density at radius 1 is 0.970 bits per heavy atom. The van der Waals surface area contributed by atoms with Crippen molar-refractivity contribution >= 4 is 5.91 Å². The molecule has 3 aromatic rings. The lowest BCUT2D eigenvalue weighted by molar-refractivity contribution is -0.120. The molecule has 1 aromatic heterocycles. The molecule has 3 rings (SSSR count). The highest BCUT2D eigenvalue weighted by Crippen LogP contribution is 2.18. The first kappa shape index (κ1) is 24.4. The average Bonchev–Trinajstić information content (AvgIpc) is 2.81. The van der Waals surface area contributed by atoms with Gasteiger partial charge >= 0.3 is 0 Å². The van der Waals surface area contributed by atoms with Gasteiger partial charge in [0.25, 0.3) is 0 Å². The number of rotatable bonds is 12. The van der Waals surface area contributed by atoms with Gasteiger partial charge in [-0.3, -0.25) is 9.78 Å². The maximum atomic E-state index is 12.3. The molecular formula is C27H33N3O3. The summed E-state index contributed by atoms with van der Waals surface area (Å²) in [5.74, 6) is 0.148. The van der Waals surface area contributed by atoms with Crippen molar-refractivity contribution in [3.05, 3.63) is 94.8 Å². The number of hydrogen-bond donors (Lipinski definition) is 4. The molecule has 0 saturated heterocycles. The first-order valence-electron chi connectivity index (χ1n) is 11.4. The van der Waals surface area contributed by atoms with Crippen LogP contribution in [-0.2, 0) is 37.1 Å². The van der Waals surface area contributed by atoms with E-state index in [1.165, 1.54) is 5.56 Å². The molecule has 0 fully saturated rings. The molecular weight excluding hydrogens is 414 g/mol. The van der Waals surface area contributed by atoms with Gasteiger partial charge in [-0.1, -0.05) is 36.4 Å². The van der Waals surface area contributed by atoms with Crippen LogP contribution >= 0.6 is 0 Å². The van der Waals surface area contributed by atoms with Crippen molar-refractivity contribution in [1.29, 1.82) is 0 Å². The molecule has 2 aromatic carbocycles. The van der Waals surface area contributed by atoms with Gasteiger partial charge in [-0.25, -0.2) is 0 Å². The lowest BCUT2D eigenvalue weighted by Crippen LogP contribution is -2.30. The molecule has 0 aliphatic carbocycles. The van der Waals surface area contributed by atoms with Gasteiger partial charge in [-0.15, -0.1) is 0 Å². The summed E-state index contributed by atoms with van der Waals surface area (Å²) < 4.78 is 0. The number of carbonyl (C=O) groups is 1. The summed E-state index contributed by atoms with van der Waals surface area (Å²) >= 11 is 0. The topological polar surface area (TPSA) is 94.5 Å². The van der Waals surface area contributed by atoms with Crippen LogP contribution in [0.2, 0.25) is 0 Å². The van der Waals surface area contributed by atoms with Gasteiger partial charge in [-0.05, 0) is 67.3 Å². The number of carbonyl (C=O) groups excluding carboxylic acids is 1. The lowest BCUT2D eigenvalue weighted by atomic mass is 10.0. The average molecular weight is 448 g/mol. The third-order valence-corrected chi connectivity index (χ3v) is 5.55. The van der Waals surface area contributed by atoms with E-state index in [9.17, 15) is 15.0 Å².